The smallest absolute Gasteiger partial charge is 0.197 e. The van der Waals surface area contributed by atoms with Gasteiger partial charge in [-0.1, -0.05) is 207 Å². The van der Waals surface area contributed by atoms with Crippen LogP contribution in [0.4, 0.5) is 0 Å². The fourth-order valence-corrected chi connectivity index (χ4v) is 23.2. The summed E-state index contributed by atoms with van der Waals surface area (Å²) >= 11 is 3.42. The Morgan fingerprint density at radius 2 is 0.439 bits per heavy atom. The molecule has 15 aromatic carbocycles. The second kappa shape index (κ2) is 33.3. The van der Waals surface area contributed by atoms with Gasteiger partial charge in [-0.2, -0.15) is 10.5 Å². The minimum atomic E-state index is -1.44. The molecule has 0 aliphatic carbocycles. The lowest BCUT2D eigenvalue weighted by Gasteiger charge is -2.19. The number of thioether (sulfide) groups is 2. The van der Waals surface area contributed by atoms with E-state index in [1.54, 1.807) is 47.8 Å². The molecule has 0 saturated heterocycles. The van der Waals surface area contributed by atoms with E-state index < -0.39 is 16.1 Å². The van der Waals surface area contributed by atoms with Crippen molar-refractivity contribution in [3.63, 3.8) is 0 Å². The Kier molecular flexibility index (Phi) is 21.9. The quantitative estimate of drug-likeness (QED) is 0.0726. The number of aryl methyl sites for hydroxylation is 8. The van der Waals surface area contributed by atoms with Crippen molar-refractivity contribution in [1.82, 2.24) is 27.4 Å². The SMILES string of the molecule is CSc1cc(C)cc(-c2cccc3c(=O)c4cc5c(cc4n(C)c23)c(=O)c2cccc(-c3cc(C)cc(SC)c3)c2n5C)c1.Cn1c2cc3c(=O)c4cccc(-c5ccc(C#N)cc5)c4n(C)c3cc2c(=O)c2cccc(-c3ccc(C#N)cc3)c21.Cn1c2cc3c(=O)c4cccc(-c5ccc([Si](C)(C)C)cc5)c4n(C)c3cc2c(=O)c2cccc(-c3ccc([Si](C)(C)C)cc3)c21. The van der Waals surface area contributed by atoms with E-state index >= 15 is 0 Å². The van der Waals surface area contributed by atoms with Crippen LogP contribution in [0.2, 0.25) is 39.3 Å². The van der Waals surface area contributed by atoms with Crippen molar-refractivity contribution in [1.29, 1.82) is 10.5 Å². The summed E-state index contributed by atoms with van der Waals surface area (Å²) in [6.07, 6.45) is 4.15. The third-order valence-corrected chi connectivity index (χ3v) is 32.2. The van der Waals surface area contributed by atoms with Gasteiger partial charge in [-0.3, -0.25) is 28.8 Å². The van der Waals surface area contributed by atoms with Crippen molar-refractivity contribution in [2.24, 2.45) is 42.3 Å². The Hall–Kier alpha value is -14.8. The first-order valence-electron chi connectivity index (χ1n) is 43.9. The Morgan fingerprint density at radius 3 is 0.629 bits per heavy atom. The van der Waals surface area contributed by atoms with Crippen LogP contribution in [0.3, 0.4) is 0 Å². The number of fused-ring (bicyclic) bond motifs is 12. The number of nitrogens with zero attached hydrogens (tertiary/aromatic N) is 8. The largest absolute Gasteiger partial charge is 0.343 e. The maximum absolute atomic E-state index is 14.2. The van der Waals surface area contributed by atoms with Crippen molar-refractivity contribution in [2.45, 2.75) is 62.9 Å². The van der Waals surface area contributed by atoms with Gasteiger partial charge in [0.15, 0.2) is 32.6 Å². The minimum absolute atomic E-state index is 0.0201. The van der Waals surface area contributed by atoms with Crippen molar-refractivity contribution >= 4 is 181 Å². The topological polar surface area (TPSA) is 180 Å². The lowest BCUT2D eigenvalue weighted by molar-refractivity contribution is 0.994. The van der Waals surface area contributed by atoms with Crippen LogP contribution >= 0.6 is 23.5 Å². The minimum Gasteiger partial charge on any atom is -0.343 e. The number of hydrogen-bond acceptors (Lipinski definition) is 10. The Morgan fingerprint density at radius 1 is 0.242 bits per heavy atom. The van der Waals surface area contributed by atoms with E-state index in [1.165, 1.54) is 31.3 Å². The molecular weight excluding hydrogens is 1700 g/mol. The fraction of sp³-hybridized carbons (Fsp3) is 0.140. The van der Waals surface area contributed by atoms with Gasteiger partial charge in [0.25, 0.3) is 0 Å². The van der Waals surface area contributed by atoms with Crippen LogP contribution in [0.1, 0.15) is 22.3 Å². The molecule has 0 unspecified atom stereocenters. The molecule has 0 bridgehead atoms. The standard InChI is InChI=1S/C40H40N2O2Si2.C38H32N2O2S2.C36H22N4O2/c1-41-35-23-34-36(42(2)38-30(12-10-14-32(38)40(34)44)26-17-21-28(22-18-26)46(6,7)8)24-33(35)39(43)31-13-9-11-29(37(31)41)25-15-19-27(20-16-25)45(3,4)5;1-21-13-23(17-25(15-21)43-5)27-9-7-11-29-35(27)39(3)33-19-32-34(20-31(33)37(29)41)40(4)36-28(10-8-12-30(36)38(32)42)24-14-22(2)16-26(18-24)44-6;1-39-31-17-30-32(40(2)34-26(6-4-8-28(34)36(30)42)24-15-11-22(20-38)12-16-24)18-29(31)35(41)27-7-3-5-25(33(27)39)23-13-9-21(19-37)10-14-23/h9-24H,1-8H3;7-20H,1-6H3;3-18H,1-2H3. The summed E-state index contributed by atoms with van der Waals surface area (Å²) in [6, 6.07) is 96.1. The van der Waals surface area contributed by atoms with Gasteiger partial charge in [0.1, 0.15) is 0 Å². The monoisotopic (exact) mass is 1790 g/mol. The predicted octanol–water partition coefficient (Wildman–Crippen LogP) is 24.0. The third-order valence-electron chi connectivity index (χ3n) is 26.6. The van der Waals surface area contributed by atoms with Crippen LogP contribution in [0, 0.1) is 36.5 Å². The zero-order chi connectivity index (χ0) is 92.7. The Bertz CT molecular complexity index is 8550. The van der Waals surface area contributed by atoms with Gasteiger partial charge >= 0.3 is 0 Å². The molecular formula is C114H94N8O6S2Si2. The molecule has 0 N–H and O–H groups in total. The van der Waals surface area contributed by atoms with E-state index in [0.29, 0.717) is 86.8 Å². The van der Waals surface area contributed by atoms with Crippen molar-refractivity contribution in [3.05, 3.63) is 363 Å². The molecule has 0 spiro atoms. The summed E-state index contributed by atoms with van der Waals surface area (Å²) in [5.41, 5.74) is 24.4. The zero-order valence-electron chi connectivity index (χ0n) is 76.4. The van der Waals surface area contributed by atoms with Gasteiger partial charge in [-0.25, -0.2) is 0 Å². The van der Waals surface area contributed by atoms with Crippen molar-refractivity contribution < 1.29 is 0 Å². The highest BCUT2D eigenvalue weighted by atomic mass is 32.2. The number of pyridine rings is 6. The normalized spacial score (nSPS) is 11.9. The number of nitriles is 2. The molecule has 6 aromatic heterocycles. The summed E-state index contributed by atoms with van der Waals surface area (Å²) in [5.74, 6) is 0. The molecule has 0 radical (unpaired) electrons. The number of aromatic nitrogens is 6. The summed E-state index contributed by atoms with van der Waals surface area (Å²) < 4.78 is 12.3. The number of para-hydroxylation sites is 6. The molecule has 646 valence electrons. The van der Waals surface area contributed by atoms with Crippen LogP contribution in [0.5, 0.6) is 0 Å². The van der Waals surface area contributed by atoms with Crippen LogP contribution in [-0.2, 0) is 42.3 Å². The summed E-state index contributed by atoms with van der Waals surface area (Å²) in [4.78, 5) is 87.2. The molecule has 0 aliphatic heterocycles. The van der Waals surface area contributed by atoms with Crippen LogP contribution in [0.15, 0.2) is 318 Å². The predicted molar refractivity (Wildman–Crippen MR) is 562 cm³/mol. The number of rotatable bonds is 10. The van der Waals surface area contributed by atoms with Gasteiger partial charge in [-0.15, -0.1) is 23.5 Å². The molecule has 18 heteroatoms. The average Bonchev–Trinajstić information content (AvgIpc) is 0.723. The maximum atomic E-state index is 14.2. The third kappa shape index (κ3) is 14.6. The van der Waals surface area contributed by atoms with E-state index in [4.69, 9.17) is 0 Å². The first-order chi connectivity index (χ1) is 63.4. The molecule has 0 saturated carbocycles. The summed E-state index contributed by atoms with van der Waals surface area (Å²) in [7, 11) is 8.95. The summed E-state index contributed by atoms with van der Waals surface area (Å²) in [6.45, 7) is 18.3. The highest BCUT2D eigenvalue weighted by Gasteiger charge is 2.26. The molecule has 6 heterocycles. The highest BCUT2D eigenvalue weighted by molar-refractivity contribution is 7.98. The second-order valence-electron chi connectivity index (χ2n) is 36.7. The van der Waals surface area contributed by atoms with Gasteiger partial charge < -0.3 is 27.4 Å². The molecule has 21 aromatic rings. The van der Waals surface area contributed by atoms with Gasteiger partial charge in [-0.05, 0) is 192 Å². The van der Waals surface area contributed by atoms with E-state index in [2.05, 4.69) is 205 Å². The lowest BCUT2D eigenvalue weighted by atomic mass is 9.97. The summed E-state index contributed by atoms with van der Waals surface area (Å²) in [5, 5.41) is 28.6. The fourth-order valence-electron chi connectivity index (χ4n) is 19.8. The number of benzene rings is 15. The van der Waals surface area contributed by atoms with Gasteiger partial charge in [0.2, 0.25) is 0 Å². The molecule has 0 amide bonds. The van der Waals surface area contributed by atoms with E-state index in [1.807, 2.05) is 197 Å². The van der Waals surface area contributed by atoms with Gasteiger partial charge in [0.05, 0.1) is 106 Å². The molecule has 21 rings (SSSR count). The first kappa shape index (κ1) is 86.6. The Labute approximate surface area is 772 Å². The van der Waals surface area contributed by atoms with E-state index in [0.717, 1.165) is 122 Å². The molecule has 132 heavy (non-hydrogen) atoms. The first-order valence-corrected chi connectivity index (χ1v) is 53.4. The molecule has 0 atom stereocenters. The van der Waals surface area contributed by atoms with Crippen LogP contribution < -0.4 is 42.9 Å². The average molecular weight is 1790 g/mol. The molecule has 0 fully saturated rings. The highest BCUT2D eigenvalue weighted by Crippen LogP contribution is 2.41. The van der Waals surface area contributed by atoms with Crippen LogP contribution in [0.25, 0.3) is 198 Å². The second-order valence-corrected chi connectivity index (χ2v) is 48.6. The van der Waals surface area contributed by atoms with Gasteiger partial charge in [0, 0.05) is 150 Å². The lowest BCUT2D eigenvalue weighted by Crippen LogP contribution is -2.37. The van der Waals surface area contributed by atoms with Crippen molar-refractivity contribution in [3.8, 4) is 78.9 Å². The molecule has 14 nitrogen and oxygen atoms in total. The molecule has 0 aliphatic rings. The van der Waals surface area contributed by atoms with Crippen LogP contribution in [-0.4, -0.2) is 56.1 Å². The Balaban J connectivity index is 0.000000128. The zero-order valence-corrected chi connectivity index (χ0v) is 80.0. The maximum Gasteiger partial charge on any atom is 0.197 e. The van der Waals surface area contributed by atoms with Crippen molar-refractivity contribution in [2.75, 3.05) is 12.5 Å². The van der Waals surface area contributed by atoms with E-state index in [-0.39, 0.29) is 32.6 Å². The number of hydrogen-bond donors (Lipinski definition) is 0. The van der Waals surface area contributed by atoms with E-state index in [9.17, 15) is 39.3 Å².